The van der Waals surface area contributed by atoms with Gasteiger partial charge in [0.15, 0.2) is 0 Å². The summed E-state index contributed by atoms with van der Waals surface area (Å²) in [5.41, 5.74) is 1.38. The topological polar surface area (TPSA) is 0 Å². The molecule has 0 aliphatic heterocycles. The van der Waals surface area contributed by atoms with Crippen LogP contribution in [-0.2, 0) is 0 Å². The highest BCUT2D eigenvalue weighted by molar-refractivity contribution is 4.89. The van der Waals surface area contributed by atoms with Gasteiger partial charge in [-0.2, -0.15) is 0 Å². The molecule has 0 amide bonds. The van der Waals surface area contributed by atoms with E-state index in [0.29, 0.717) is 5.92 Å². The van der Waals surface area contributed by atoms with Gasteiger partial charge in [-0.3, -0.25) is 4.48 Å². The molecule has 1 nitrogen and oxygen atoms in total. The van der Waals surface area contributed by atoms with Gasteiger partial charge in [-0.1, -0.05) is 19.9 Å². The largest absolute Gasteiger partial charge is 0.299 e. The summed E-state index contributed by atoms with van der Waals surface area (Å²) in [6.07, 6.45) is 6.81. The van der Waals surface area contributed by atoms with Crippen LogP contribution in [0.4, 0.5) is 0 Å². The van der Waals surface area contributed by atoms with Crippen LogP contribution in [-0.4, -0.2) is 25.1 Å². The fourth-order valence-electron chi connectivity index (χ4n) is 1.36. The summed E-state index contributed by atoms with van der Waals surface area (Å²) >= 11 is 0. The van der Waals surface area contributed by atoms with Gasteiger partial charge in [0.1, 0.15) is 6.54 Å². The minimum atomic E-state index is 0.659. The van der Waals surface area contributed by atoms with Crippen molar-refractivity contribution < 1.29 is 4.48 Å². The smallest absolute Gasteiger partial charge is 0.101 e. The minimum absolute atomic E-state index is 0.659. The van der Waals surface area contributed by atoms with Crippen LogP contribution in [0.2, 0.25) is 0 Å². The zero-order valence-electron chi connectivity index (χ0n) is 9.96. The Balaban J connectivity index is 4.11. The maximum absolute atomic E-state index is 2.28. The maximum atomic E-state index is 2.28. The molecule has 0 heterocycles. The highest BCUT2D eigenvalue weighted by Crippen LogP contribution is 2.04. The molecule has 0 spiro atoms. The van der Waals surface area contributed by atoms with Gasteiger partial charge in [0.05, 0.1) is 20.3 Å². The Kier molecular flexibility index (Phi) is 5.01. The fourth-order valence-corrected chi connectivity index (χ4v) is 1.36. The zero-order valence-corrected chi connectivity index (χ0v) is 9.96. The molecule has 13 heavy (non-hydrogen) atoms. The standard InChI is InChI=1S/C12H24N/c1-11(2)8-7-9-13(5,6)10-12(3)4/h7-8,10-11H,9H2,1-6H3/q+1/b8-7+. The first-order chi connectivity index (χ1) is 5.83. The molecule has 0 aliphatic carbocycles. The first-order valence-corrected chi connectivity index (χ1v) is 4.99. The predicted octanol–water partition coefficient (Wildman–Crippen LogP) is 3.20. The van der Waals surface area contributed by atoms with Crippen molar-refractivity contribution in [3.63, 3.8) is 0 Å². The van der Waals surface area contributed by atoms with Gasteiger partial charge >= 0.3 is 0 Å². The molecule has 0 saturated heterocycles. The van der Waals surface area contributed by atoms with Gasteiger partial charge in [-0.05, 0) is 31.4 Å². The van der Waals surface area contributed by atoms with E-state index in [2.05, 4.69) is 60.1 Å². The lowest BCUT2D eigenvalue weighted by Crippen LogP contribution is -2.33. The van der Waals surface area contributed by atoms with Crippen LogP contribution in [0.1, 0.15) is 27.7 Å². The van der Waals surface area contributed by atoms with Crippen molar-refractivity contribution in [3.05, 3.63) is 23.9 Å². The second-order valence-corrected chi connectivity index (χ2v) is 4.84. The lowest BCUT2D eigenvalue weighted by molar-refractivity contribution is -0.833. The highest BCUT2D eigenvalue weighted by Gasteiger charge is 2.08. The molecule has 0 fully saturated rings. The maximum Gasteiger partial charge on any atom is 0.101 e. The molecule has 0 atom stereocenters. The molecule has 1 heteroatoms. The van der Waals surface area contributed by atoms with E-state index >= 15 is 0 Å². The van der Waals surface area contributed by atoms with Gasteiger partial charge in [-0.15, -0.1) is 0 Å². The van der Waals surface area contributed by atoms with Crippen LogP contribution < -0.4 is 0 Å². The summed E-state index contributed by atoms with van der Waals surface area (Å²) in [4.78, 5) is 0. The van der Waals surface area contributed by atoms with E-state index in [1.165, 1.54) is 5.57 Å². The van der Waals surface area contributed by atoms with Gasteiger partial charge in [0, 0.05) is 0 Å². The van der Waals surface area contributed by atoms with E-state index in [1.54, 1.807) is 0 Å². The Morgan fingerprint density at radius 1 is 1.23 bits per heavy atom. The van der Waals surface area contributed by atoms with Gasteiger partial charge in [0.2, 0.25) is 0 Å². The van der Waals surface area contributed by atoms with Crippen LogP contribution in [0.3, 0.4) is 0 Å². The van der Waals surface area contributed by atoms with Crippen LogP contribution in [0.5, 0.6) is 0 Å². The summed E-state index contributed by atoms with van der Waals surface area (Å²) < 4.78 is 0.936. The Bertz CT molecular complexity index is 193. The van der Waals surface area contributed by atoms with Crippen molar-refractivity contribution in [1.82, 2.24) is 0 Å². The highest BCUT2D eigenvalue weighted by atomic mass is 15.3. The third kappa shape index (κ3) is 7.79. The molecule has 0 unspecified atom stereocenters. The molecule has 76 valence electrons. The zero-order chi connectivity index (χ0) is 10.5. The lowest BCUT2D eigenvalue weighted by atomic mass is 10.2. The summed E-state index contributed by atoms with van der Waals surface area (Å²) in [5.74, 6) is 0.659. The molecule has 0 aromatic rings. The molecular weight excluding hydrogens is 158 g/mol. The summed E-state index contributed by atoms with van der Waals surface area (Å²) in [7, 11) is 4.44. The Morgan fingerprint density at radius 2 is 1.77 bits per heavy atom. The van der Waals surface area contributed by atoms with E-state index in [1.807, 2.05) is 0 Å². The Morgan fingerprint density at radius 3 is 2.15 bits per heavy atom. The van der Waals surface area contributed by atoms with Crippen LogP contribution in [0, 0.1) is 5.92 Å². The van der Waals surface area contributed by atoms with Crippen molar-refractivity contribution in [3.8, 4) is 0 Å². The molecule has 0 aromatic heterocycles. The second kappa shape index (κ2) is 5.23. The number of quaternary nitrogens is 1. The van der Waals surface area contributed by atoms with Crippen molar-refractivity contribution in [2.45, 2.75) is 27.7 Å². The van der Waals surface area contributed by atoms with Gasteiger partial charge in [0.25, 0.3) is 0 Å². The number of hydrogen-bond donors (Lipinski definition) is 0. The third-order valence-corrected chi connectivity index (χ3v) is 1.70. The van der Waals surface area contributed by atoms with E-state index in [-0.39, 0.29) is 0 Å². The minimum Gasteiger partial charge on any atom is -0.299 e. The summed E-state index contributed by atoms with van der Waals surface area (Å²) in [6.45, 7) is 9.77. The van der Waals surface area contributed by atoms with Crippen LogP contribution in [0.25, 0.3) is 0 Å². The van der Waals surface area contributed by atoms with Gasteiger partial charge < -0.3 is 0 Å². The van der Waals surface area contributed by atoms with Crippen LogP contribution in [0.15, 0.2) is 23.9 Å². The molecule has 0 aromatic carbocycles. The van der Waals surface area contributed by atoms with E-state index in [4.69, 9.17) is 0 Å². The normalized spacial score (nSPS) is 12.5. The SMILES string of the molecule is CC(C)=C[N+](C)(C)C/C=C/C(C)C. The van der Waals surface area contributed by atoms with Crippen LogP contribution >= 0.6 is 0 Å². The lowest BCUT2D eigenvalue weighted by Gasteiger charge is -2.23. The molecule has 0 saturated carbocycles. The number of allylic oxidation sites excluding steroid dienone is 2. The molecule has 0 rings (SSSR count). The predicted molar refractivity (Wildman–Crippen MR) is 60.4 cm³/mol. The van der Waals surface area contributed by atoms with Crippen molar-refractivity contribution in [2.75, 3.05) is 20.6 Å². The second-order valence-electron chi connectivity index (χ2n) is 4.84. The monoisotopic (exact) mass is 182 g/mol. The van der Waals surface area contributed by atoms with E-state index in [9.17, 15) is 0 Å². The number of likely N-dealkylation sites (N-methyl/N-ethyl adjacent to an activating group) is 1. The quantitative estimate of drug-likeness (QED) is 0.462. The average molecular weight is 182 g/mol. The molecule has 0 bridgehead atoms. The Labute approximate surface area is 83.3 Å². The van der Waals surface area contributed by atoms with Crippen molar-refractivity contribution >= 4 is 0 Å². The summed E-state index contributed by atoms with van der Waals surface area (Å²) in [5, 5.41) is 0. The first kappa shape index (κ1) is 12.4. The third-order valence-electron chi connectivity index (χ3n) is 1.70. The van der Waals surface area contributed by atoms with Crippen molar-refractivity contribution in [1.29, 1.82) is 0 Å². The first-order valence-electron chi connectivity index (χ1n) is 4.99. The van der Waals surface area contributed by atoms with E-state index < -0.39 is 0 Å². The fraction of sp³-hybridized carbons (Fsp3) is 0.667. The van der Waals surface area contributed by atoms with E-state index in [0.717, 1.165) is 11.0 Å². The molecule has 0 aliphatic rings. The summed E-state index contributed by atoms with van der Waals surface area (Å²) in [6, 6.07) is 0. The average Bonchev–Trinajstić information content (AvgIpc) is 1.81. The Hall–Kier alpha value is -0.560. The molecule has 0 N–H and O–H groups in total. The number of nitrogens with zero attached hydrogens (tertiary/aromatic N) is 1. The van der Waals surface area contributed by atoms with Crippen molar-refractivity contribution in [2.24, 2.45) is 5.92 Å². The molecular formula is C12H24N+. The number of hydrogen-bond acceptors (Lipinski definition) is 0. The number of rotatable bonds is 4. The van der Waals surface area contributed by atoms with Gasteiger partial charge in [-0.25, -0.2) is 0 Å². The molecule has 0 radical (unpaired) electrons.